The minimum Gasteiger partial charge on any atom is -0.263 e. The van der Waals surface area contributed by atoms with Gasteiger partial charge in [-0.05, 0) is 6.07 Å². The Morgan fingerprint density at radius 2 is 2.45 bits per heavy atom. The first-order valence-corrected chi connectivity index (χ1v) is 4.49. The maximum atomic E-state index is 5.80. The normalized spacial score (nSPS) is 8.55. The van der Waals surface area contributed by atoms with E-state index in [1.165, 1.54) is 0 Å². The fraction of sp³-hybridized carbons (Fsp3) is 0.125. The molecule has 0 amide bonds. The maximum Gasteiger partial charge on any atom is 0.0649 e. The van der Waals surface area contributed by atoms with E-state index in [1.54, 1.807) is 18.5 Å². The van der Waals surface area contributed by atoms with E-state index in [0.717, 1.165) is 5.56 Å². The van der Waals surface area contributed by atoms with E-state index in [0.29, 0.717) is 10.4 Å². The molecular weight excluding hydrogens is 225 g/mol. The molecule has 1 rings (SSSR count). The van der Waals surface area contributed by atoms with E-state index in [-0.39, 0.29) is 0 Å². The van der Waals surface area contributed by atoms with Gasteiger partial charge in [-0.2, -0.15) is 0 Å². The standard InChI is InChI=1S/C8H5BrClN/c9-4-1-2-7-6-11-5-3-8(7)10/h3,5-6H,4H2. The highest BCUT2D eigenvalue weighted by atomic mass is 79.9. The SMILES string of the molecule is Clc1ccncc1C#CCBr. The topological polar surface area (TPSA) is 12.9 Å². The monoisotopic (exact) mass is 229 g/mol. The van der Waals surface area contributed by atoms with Gasteiger partial charge >= 0.3 is 0 Å². The Balaban J connectivity index is 2.95. The van der Waals surface area contributed by atoms with Gasteiger partial charge in [0.15, 0.2) is 0 Å². The summed E-state index contributed by atoms with van der Waals surface area (Å²) in [6, 6.07) is 1.72. The molecule has 1 nitrogen and oxygen atoms in total. The Hall–Kier alpha value is -0.520. The van der Waals surface area contributed by atoms with E-state index in [4.69, 9.17) is 11.6 Å². The van der Waals surface area contributed by atoms with Gasteiger partial charge in [0.1, 0.15) is 0 Å². The average Bonchev–Trinajstić information content (AvgIpc) is 2.03. The van der Waals surface area contributed by atoms with Crippen molar-refractivity contribution < 1.29 is 0 Å². The molecule has 0 atom stereocenters. The molecule has 1 aromatic heterocycles. The molecular formula is C8H5BrClN. The Labute approximate surface area is 78.9 Å². The van der Waals surface area contributed by atoms with Crippen molar-refractivity contribution in [3.8, 4) is 11.8 Å². The summed E-state index contributed by atoms with van der Waals surface area (Å²) in [5, 5.41) is 1.30. The molecule has 0 saturated carbocycles. The van der Waals surface area contributed by atoms with Crippen LogP contribution in [0.1, 0.15) is 5.56 Å². The molecule has 0 aliphatic rings. The van der Waals surface area contributed by atoms with Crippen molar-refractivity contribution in [2.75, 3.05) is 5.33 Å². The fourth-order valence-corrected chi connectivity index (χ4v) is 0.891. The number of hydrogen-bond donors (Lipinski definition) is 0. The number of nitrogens with zero attached hydrogens (tertiary/aromatic N) is 1. The lowest BCUT2D eigenvalue weighted by atomic mass is 10.3. The van der Waals surface area contributed by atoms with Crippen LogP contribution in [0.15, 0.2) is 18.5 Å². The van der Waals surface area contributed by atoms with Crippen LogP contribution in [0.25, 0.3) is 0 Å². The van der Waals surface area contributed by atoms with Crippen LogP contribution in [0.3, 0.4) is 0 Å². The first-order chi connectivity index (χ1) is 5.34. The van der Waals surface area contributed by atoms with E-state index in [9.17, 15) is 0 Å². The van der Waals surface area contributed by atoms with Crippen LogP contribution in [0, 0.1) is 11.8 Å². The van der Waals surface area contributed by atoms with Crippen LogP contribution >= 0.6 is 27.5 Å². The number of hydrogen-bond acceptors (Lipinski definition) is 1. The molecule has 11 heavy (non-hydrogen) atoms. The minimum absolute atomic E-state index is 0.647. The van der Waals surface area contributed by atoms with Crippen molar-refractivity contribution in [2.24, 2.45) is 0 Å². The number of pyridine rings is 1. The summed E-state index contributed by atoms with van der Waals surface area (Å²) in [4.78, 5) is 3.90. The van der Waals surface area contributed by atoms with Crippen molar-refractivity contribution in [3.05, 3.63) is 29.0 Å². The summed E-state index contributed by atoms with van der Waals surface area (Å²) in [6.45, 7) is 0. The zero-order valence-corrected chi connectivity index (χ0v) is 7.98. The first kappa shape index (κ1) is 8.58. The lowest BCUT2D eigenvalue weighted by molar-refractivity contribution is 1.31. The van der Waals surface area contributed by atoms with Crippen LogP contribution in [-0.2, 0) is 0 Å². The van der Waals surface area contributed by atoms with E-state index in [1.807, 2.05) is 0 Å². The van der Waals surface area contributed by atoms with Crippen LogP contribution in [0.2, 0.25) is 5.02 Å². The molecule has 3 heteroatoms. The quantitative estimate of drug-likeness (QED) is 0.493. The van der Waals surface area contributed by atoms with Gasteiger partial charge in [-0.25, -0.2) is 0 Å². The van der Waals surface area contributed by atoms with Crippen molar-refractivity contribution in [1.82, 2.24) is 4.98 Å². The summed E-state index contributed by atoms with van der Waals surface area (Å²) in [5.41, 5.74) is 0.772. The van der Waals surface area contributed by atoms with Crippen LogP contribution in [-0.4, -0.2) is 10.3 Å². The zero-order valence-electron chi connectivity index (χ0n) is 5.64. The van der Waals surface area contributed by atoms with Crippen molar-refractivity contribution in [3.63, 3.8) is 0 Å². The largest absolute Gasteiger partial charge is 0.263 e. The van der Waals surface area contributed by atoms with E-state index in [2.05, 4.69) is 32.8 Å². The number of halogens is 2. The molecule has 0 saturated heterocycles. The molecule has 1 heterocycles. The van der Waals surface area contributed by atoms with Crippen LogP contribution in [0.4, 0.5) is 0 Å². The van der Waals surface area contributed by atoms with Crippen molar-refractivity contribution >= 4 is 27.5 Å². The highest BCUT2D eigenvalue weighted by Gasteiger charge is 1.92. The number of aromatic nitrogens is 1. The summed E-state index contributed by atoms with van der Waals surface area (Å²) in [5.74, 6) is 5.72. The second-order valence-corrected chi connectivity index (χ2v) is 2.76. The molecule has 0 fully saturated rings. The summed E-state index contributed by atoms with van der Waals surface area (Å²) < 4.78 is 0. The lowest BCUT2D eigenvalue weighted by Crippen LogP contribution is -1.78. The Kier molecular flexibility index (Phi) is 3.41. The van der Waals surface area contributed by atoms with Crippen LogP contribution < -0.4 is 0 Å². The smallest absolute Gasteiger partial charge is 0.0649 e. The van der Waals surface area contributed by atoms with Gasteiger partial charge in [0, 0.05) is 12.4 Å². The molecule has 0 N–H and O–H groups in total. The molecule has 0 bridgehead atoms. The average molecular weight is 230 g/mol. The maximum absolute atomic E-state index is 5.80. The second-order valence-electron chi connectivity index (χ2n) is 1.79. The van der Waals surface area contributed by atoms with Crippen molar-refractivity contribution in [1.29, 1.82) is 0 Å². The molecule has 56 valence electrons. The lowest BCUT2D eigenvalue weighted by Gasteiger charge is -1.90. The molecule has 0 aliphatic heterocycles. The van der Waals surface area contributed by atoms with Crippen molar-refractivity contribution in [2.45, 2.75) is 0 Å². The Bertz CT molecular complexity index is 300. The van der Waals surface area contributed by atoms with Gasteiger partial charge in [-0.1, -0.05) is 39.4 Å². The third-order valence-corrected chi connectivity index (χ3v) is 1.67. The Morgan fingerprint density at radius 1 is 1.64 bits per heavy atom. The van der Waals surface area contributed by atoms with E-state index < -0.39 is 0 Å². The summed E-state index contributed by atoms with van der Waals surface area (Å²) >= 11 is 9.00. The molecule has 0 aromatic carbocycles. The third kappa shape index (κ3) is 2.53. The molecule has 0 spiro atoms. The molecule has 0 aliphatic carbocycles. The highest BCUT2D eigenvalue weighted by molar-refractivity contribution is 9.09. The predicted molar refractivity (Wildman–Crippen MR) is 49.9 cm³/mol. The van der Waals surface area contributed by atoms with E-state index >= 15 is 0 Å². The minimum atomic E-state index is 0.647. The van der Waals surface area contributed by atoms with Gasteiger partial charge in [0.2, 0.25) is 0 Å². The highest BCUT2D eigenvalue weighted by Crippen LogP contribution is 2.11. The van der Waals surface area contributed by atoms with Gasteiger partial charge < -0.3 is 0 Å². The predicted octanol–water partition coefficient (Wildman–Crippen LogP) is 2.48. The molecule has 1 aromatic rings. The summed E-state index contributed by atoms with van der Waals surface area (Å²) in [7, 11) is 0. The number of alkyl halides is 1. The van der Waals surface area contributed by atoms with Gasteiger partial charge in [0.05, 0.1) is 15.9 Å². The Morgan fingerprint density at radius 3 is 3.09 bits per heavy atom. The number of rotatable bonds is 0. The molecule has 0 unspecified atom stereocenters. The summed E-state index contributed by atoms with van der Waals surface area (Å²) in [6.07, 6.45) is 3.29. The van der Waals surface area contributed by atoms with Crippen LogP contribution in [0.5, 0.6) is 0 Å². The van der Waals surface area contributed by atoms with Gasteiger partial charge in [0.25, 0.3) is 0 Å². The second kappa shape index (κ2) is 4.38. The fourth-order valence-electron chi connectivity index (χ4n) is 0.598. The zero-order chi connectivity index (χ0) is 8.10. The van der Waals surface area contributed by atoms with Gasteiger partial charge in [-0.3, -0.25) is 4.98 Å². The third-order valence-electron chi connectivity index (χ3n) is 1.06. The van der Waals surface area contributed by atoms with Gasteiger partial charge in [-0.15, -0.1) is 0 Å². The first-order valence-electron chi connectivity index (χ1n) is 2.99. The molecule has 0 radical (unpaired) electrons.